The van der Waals surface area contributed by atoms with Gasteiger partial charge >= 0.3 is 6.03 Å². The minimum atomic E-state index is -0.254. The molecule has 2 amide bonds. The standard InChI is InChI=1S/C16H26N4O/c1-5-6-7-11-20(16(21)19(4)15(17)18)14-12(2)9-8-10-13(14)3/h8-10H,5-7,11H2,1-4H3,(H3,17,18). The number of nitrogens with zero attached hydrogens (tertiary/aromatic N) is 2. The number of para-hydroxylation sites is 1. The first-order valence-corrected chi connectivity index (χ1v) is 7.35. The van der Waals surface area contributed by atoms with E-state index in [2.05, 4.69) is 6.92 Å². The molecule has 116 valence electrons. The number of carbonyl (C=O) groups excluding carboxylic acids is 1. The van der Waals surface area contributed by atoms with Gasteiger partial charge in [0.05, 0.1) is 5.69 Å². The summed E-state index contributed by atoms with van der Waals surface area (Å²) in [7, 11) is 1.53. The van der Waals surface area contributed by atoms with Crippen molar-refractivity contribution in [2.24, 2.45) is 5.73 Å². The van der Waals surface area contributed by atoms with Gasteiger partial charge in [-0.15, -0.1) is 0 Å². The maximum atomic E-state index is 12.6. The summed E-state index contributed by atoms with van der Waals surface area (Å²) < 4.78 is 0. The second-order valence-electron chi connectivity index (χ2n) is 5.33. The molecule has 0 aliphatic carbocycles. The highest BCUT2D eigenvalue weighted by molar-refractivity contribution is 6.02. The van der Waals surface area contributed by atoms with Gasteiger partial charge in [0.2, 0.25) is 0 Å². The average Bonchev–Trinajstić information content (AvgIpc) is 2.43. The third kappa shape index (κ3) is 4.21. The Hall–Kier alpha value is -2.04. The van der Waals surface area contributed by atoms with Crippen molar-refractivity contribution in [1.82, 2.24) is 4.90 Å². The molecular formula is C16H26N4O. The Labute approximate surface area is 127 Å². The fraction of sp³-hybridized carbons (Fsp3) is 0.500. The maximum Gasteiger partial charge on any atom is 0.331 e. The van der Waals surface area contributed by atoms with Crippen LogP contribution < -0.4 is 10.6 Å². The van der Waals surface area contributed by atoms with Crippen molar-refractivity contribution in [1.29, 1.82) is 5.41 Å². The molecule has 0 aromatic heterocycles. The number of guanidine groups is 1. The third-order valence-electron chi connectivity index (χ3n) is 3.57. The number of rotatable bonds is 5. The monoisotopic (exact) mass is 290 g/mol. The predicted molar refractivity (Wildman–Crippen MR) is 87.9 cm³/mol. The van der Waals surface area contributed by atoms with Crippen LogP contribution in [-0.2, 0) is 0 Å². The summed E-state index contributed by atoms with van der Waals surface area (Å²) in [6.45, 7) is 6.76. The first kappa shape index (κ1) is 17.0. The van der Waals surface area contributed by atoms with Crippen LogP contribution in [-0.4, -0.2) is 30.5 Å². The van der Waals surface area contributed by atoms with E-state index in [1.807, 2.05) is 32.0 Å². The molecule has 5 heteroatoms. The van der Waals surface area contributed by atoms with Crippen LogP contribution in [0.2, 0.25) is 0 Å². The van der Waals surface area contributed by atoms with Gasteiger partial charge in [-0.3, -0.25) is 15.2 Å². The molecule has 1 aromatic carbocycles. The van der Waals surface area contributed by atoms with Crippen molar-refractivity contribution in [3.8, 4) is 0 Å². The number of amides is 2. The van der Waals surface area contributed by atoms with E-state index in [1.54, 1.807) is 4.90 Å². The van der Waals surface area contributed by atoms with Crippen LogP contribution in [0.5, 0.6) is 0 Å². The molecule has 0 radical (unpaired) electrons. The molecule has 0 aliphatic heterocycles. The van der Waals surface area contributed by atoms with Crippen LogP contribution in [0.15, 0.2) is 18.2 Å². The first-order valence-electron chi connectivity index (χ1n) is 7.35. The summed E-state index contributed by atoms with van der Waals surface area (Å²) >= 11 is 0. The molecule has 21 heavy (non-hydrogen) atoms. The number of carbonyl (C=O) groups is 1. The van der Waals surface area contributed by atoms with Crippen LogP contribution in [0.1, 0.15) is 37.3 Å². The summed E-state index contributed by atoms with van der Waals surface area (Å²) in [5.41, 5.74) is 8.47. The molecule has 1 rings (SSSR count). The van der Waals surface area contributed by atoms with Gasteiger partial charge in [-0.05, 0) is 31.4 Å². The lowest BCUT2D eigenvalue weighted by molar-refractivity contribution is 0.232. The van der Waals surface area contributed by atoms with Crippen molar-refractivity contribution in [2.45, 2.75) is 40.0 Å². The van der Waals surface area contributed by atoms with Gasteiger partial charge in [-0.1, -0.05) is 38.0 Å². The highest BCUT2D eigenvalue weighted by Crippen LogP contribution is 2.26. The number of urea groups is 1. The first-order chi connectivity index (χ1) is 9.90. The van der Waals surface area contributed by atoms with Gasteiger partial charge in [0, 0.05) is 13.6 Å². The Morgan fingerprint density at radius 1 is 1.24 bits per heavy atom. The summed E-state index contributed by atoms with van der Waals surface area (Å²) in [5.74, 6) is -0.244. The maximum absolute atomic E-state index is 12.6. The predicted octanol–water partition coefficient (Wildman–Crippen LogP) is 3.25. The van der Waals surface area contributed by atoms with Gasteiger partial charge in [0.15, 0.2) is 5.96 Å². The third-order valence-corrected chi connectivity index (χ3v) is 3.57. The van der Waals surface area contributed by atoms with E-state index in [1.165, 1.54) is 11.9 Å². The van der Waals surface area contributed by atoms with Crippen LogP contribution in [0.3, 0.4) is 0 Å². The minimum absolute atomic E-state index is 0.244. The van der Waals surface area contributed by atoms with Crippen LogP contribution >= 0.6 is 0 Å². The van der Waals surface area contributed by atoms with E-state index >= 15 is 0 Å². The molecule has 1 aromatic rings. The number of hydrogen-bond acceptors (Lipinski definition) is 2. The number of unbranched alkanes of at least 4 members (excludes halogenated alkanes) is 2. The smallest absolute Gasteiger partial charge is 0.331 e. The van der Waals surface area contributed by atoms with Gasteiger partial charge in [0.1, 0.15) is 0 Å². The van der Waals surface area contributed by atoms with Crippen molar-refractivity contribution >= 4 is 17.7 Å². The molecule has 0 saturated carbocycles. The fourth-order valence-electron chi connectivity index (χ4n) is 2.34. The molecule has 0 heterocycles. The summed E-state index contributed by atoms with van der Waals surface area (Å²) in [6.07, 6.45) is 3.09. The topological polar surface area (TPSA) is 73.4 Å². The van der Waals surface area contributed by atoms with Crippen molar-refractivity contribution in [2.75, 3.05) is 18.5 Å². The lowest BCUT2D eigenvalue weighted by atomic mass is 10.1. The lowest BCUT2D eigenvalue weighted by Crippen LogP contribution is -2.47. The van der Waals surface area contributed by atoms with E-state index in [4.69, 9.17) is 11.1 Å². The Balaban J connectivity index is 3.13. The number of hydrogen-bond donors (Lipinski definition) is 2. The average molecular weight is 290 g/mol. The summed E-state index contributed by atoms with van der Waals surface area (Å²) in [5, 5.41) is 7.46. The molecule has 0 atom stereocenters. The second-order valence-corrected chi connectivity index (χ2v) is 5.33. The molecule has 0 unspecified atom stereocenters. The molecule has 0 bridgehead atoms. The van der Waals surface area contributed by atoms with Crippen molar-refractivity contribution in [3.63, 3.8) is 0 Å². The van der Waals surface area contributed by atoms with Gasteiger partial charge in [-0.25, -0.2) is 4.79 Å². The molecular weight excluding hydrogens is 264 g/mol. The lowest BCUT2D eigenvalue weighted by Gasteiger charge is -2.30. The van der Waals surface area contributed by atoms with Crippen molar-refractivity contribution < 1.29 is 4.79 Å². The molecule has 0 fully saturated rings. The largest absolute Gasteiger partial charge is 0.370 e. The van der Waals surface area contributed by atoms with Crippen LogP contribution in [0, 0.1) is 19.3 Å². The van der Waals surface area contributed by atoms with E-state index in [0.29, 0.717) is 6.54 Å². The van der Waals surface area contributed by atoms with Crippen LogP contribution in [0.25, 0.3) is 0 Å². The number of nitrogens with one attached hydrogen (secondary N) is 1. The Kier molecular flexibility index (Phi) is 6.21. The fourth-order valence-corrected chi connectivity index (χ4v) is 2.34. The molecule has 3 N–H and O–H groups in total. The molecule has 0 saturated heterocycles. The highest BCUT2D eigenvalue weighted by Gasteiger charge is 2.23. The summed E-state index contributed by atoms with van der Waals surface area (Å²) in [4.78, 5) is 15.5. The van der Waals surface area contributed by atoms with Crippen LogP contribution in [0.4, 0.5) is 10.5 Å². The summed E-state index contributed by atoms with van der Waals surface area (Å²) in [6, 6.07) is 5.72. The molecule has 0 spiro atoms. The number of anilines is 1. The number of nitrogens with two attached hydrogens (primary N) is 1. The van der Waals surface area contributed by atoms with E-state index in [9.17, 15) is 4.79 Å². The highest BCUT2D eigenvalue weighted by atomic mass is 16.2. The van der Waals surface area contributed by atoms with Gasteiger partial charge in [-0.2, -0.15) is 0 Å². The molecule has 0 aliphatic rings. The van der Waals surface area contributed by atoms with Crippen molar-refractivity contribution in [3.05, 3.63) is 29.3 Å². The number of benzene rings is 1. The molecule has 5 nitrogen and oxygen atoms in total. The zero-order chi connectivity index (χ0) is 16.0. The van der Waals surface area contributed by atoms with Gasteiger partial charge in [0.25, 0.3) is 0 Å². The Morgan fingerprint density at radius 3 is 2.29 bits per heavy atom. The Morgan fingerprint density at radius 2 is 1.81 bits per heavy atom. The normalized spacial score (nSPS) is 10.3. The zero-order valence-corrected chi connectivity index (χ0v) is 13.4. The Bertz CT molecular complexity index is 493. The van der Waals surface area contributed by atoms with E-state index in [-0.39, 0.29) is 12.0 Å². The zero-order valence-electron chi connectivity index (χ0n) is 13.4. The number of aryl methyl sites for hydroxylation is 2. The van der Waals surface area contributed by atoms with E-state index < -0.39 is 0 Å². The quantitative estimate of drug-likeness (QED) is 0.496. The minimum Gasteiger partial charge on any atom is -0.370 e. The van der Waals surface area contributed by atoms with E-state index in [0.717, 1.165) is 36.1 Å². The second kappa shape index (κ2) is 7.67. The van der Waals surface area contributed by atoms with Gasteiger partial charge < -0.3 is 5.73 Å². The SMILES string of the molecule is CCCCCN(C(=O)N(C)C(=N)N)c1c(C)cccc1C.